The van der Waals surface area contributed by atoms with Gasteiger partial charge in [-0.3, -0.25) is 4.99 Å². The van der Waals surface area contributed by atoms with Crippen LogP contribution in [-0.2, 0) is 9.47 Å². The van der Waals surface area contributed by atoms with Crippen molar-refractivity contribution in [3.63, 3.8) is 0 Å². The monoisotopic (exact) mass is 496 g/mol. The summed E-state index contributed by atoms with van der Waals surface area (Å²) < 4.78 is 10.9. The largest absolute Gasteiger partial charge is 0.444 e. The molecule has 27 heavy (non-hydrogen) atoms. The summed E-state index contributed by atoms with van der Waals surface area (Å²) in [7, 11) is 3.57. The molecule has 0 spiro atoms. The molecule has 1 N–H and O–H groups in total. The molecule has 158 valence electrons. The molecule has 2 atom stereocenters. The van der Waals surface area contributed by atoms with Crippen LogP contribution in [0.4, 0.5) is 4.79 Å². The maximum Gasteiger partial charge on any atom is 0.410 e. The molecule has 2 fully saturated rings. The van der Waals surface area contributed by atoms with E-state index in [9.17, 15) is 4.79 Å². The molecule has 8 heteroatoms. The summed E-state index contributed by atoms with van der Waals surface area (Å²) in [5.74, 6) is 1.48. The van der Waals surface area contributed by atoms with Gasteiger partial charge >= 0.3 is 6.09 Å². The molecule has 0 radical (unpaired) electrons. The van der Waals surface area contributed by atoms with Gasteiger partial charge in [0.2, 0.25) is 0 Å². The van der Waals surface area contributed by atoms with Crippen LogP contribution >= 0.6 is 24.0 Å². The van der Waals surface area contributed by atoms with Crippen LogP contribution in [0.2, 0.25) is 0 Å². The van der Waals surface area contributed by atoms with E-state index >= 15 is 0 Å². The third-order valence-electron chi connectivity index (χ3n) is 4.95. The smallest absolute Gasteiger partial charge is 0.410 e. The van der Waals surface area contributed by atoms with Gasteiger partial charge < -0.3 is 24.6 Å². The van der Waals surface area contributed by atoms with Crippen LogP contribution in [0.5, 0.6) is 0 Å². The molecular weight excluding hydrogens is 459 g/mol. The van der Waals surface area contributed by atoms with Crippen LogP contribution < -0.4 is 5.32 Å². The van der Waals surface area contributed by atoms with Crippen molar-refractivity contribution in [3.8, 4) is 0 Å². The van der Waals surface area contributed by atoms with Crippen molar-refractivity contribution in [2.24, 2.45) is 10.9 Å². The van der Waals surface area contributed by atoms with E-state index in [1.807, 2.05) is 32.7 Å². The minimum absolute atomic E-state index is 0. The number of ether oxygens (including phenoxy) is 2. The zero-order valence-electron chi connectivity index (χ0n) is 17.5. The molecule has 0 aromatic carbocycles. The highest BCUT2D eigenvalue weighted by atomic mass is 127. The molecule has 2 heterocycles. The number of aliphatic imine (C=N–C) groups is 1. The van der Waals surface area contributed by atoms with Crippen LogP contribution in [0.25, 0.3) is 0 Å². The predicted octanol–water partition coefficient (Wildman–Crippen LogP) is 2.94. The molecule has 0 saturated carbocycles. The Morgan fingerprint density at radius 2 is 1.96 bits per heavy atom. The van der Waals surface area contributed by atoms with E-state index in [2.05, 4.69) is 15.2 Å². The summed E-state index contributed by atoms with van der Waals surface area (Å²) >= 11 is 0. The van der Waals surface area contributed by atoms with Gasteiger partial charge in [0.25, 0.3) is 0 Å². The van der Waals surface area contributed by atoms with Crippen LogP contribution in [-0.4, -0.2) is 80.4 Å². The summed E-state index contributed by atoms with van der Waals surface area (Å²) in [6.45, 7) is 9.96. The Morgan fingerprint density at radius 3 is 2.59 bits per heavy atom. The number of piperidine rings is 1. The lowest BCUT2D eigenvalue weighted by Crippen LogP contribution is -2.52. The number of rotatable bonds is 4. The van der Waals surface area contributed by atoms with Gasteiger partial charge in [-0.05, 0) is 46.5 Å². The van der Waals surface area contributed by atoms with Gasteiger partial charge in [0, 0.05) is 46.3 Å². The number of carbonyl (C=O) groups excluding carboxylic acids is 1. The van der Waals surface area contributed by atoms with Gasteiger partial charge in [-0.1, -0.05) is 0 Å². The number of hydrogen-bond donors (Lipinski definition) is 1. The van der Waals surface area contributed by atoms with Gasteiger partial charge in [-0.25, -0.2) is 4.79 Å². The maximum absolute atomic E-state index is 12.5. The fourth-order valence-electron chi connectivity index (χ4n) is 3.71. The number of likely N-dealkylation sites (tertiary alicyclic amines) is 2. The Morgan fingerprint density at radius 1 is 1.22 bits per heavy atom. The van der Waals surface area contributed by atoms with E-state index < -0.39 is 5.60 Å². The van der Waals surface area contributed by atoms with Crippen molar-refractivity contribution in [1.29, 1.82) is 0 Å². The van der Waals surface area contributed by atoms with Gasteiger partial charge in [-0.2, -0.15) is 0 Å². The second-order valence-electron chi connectivity index (χ2n) is 8.31. The zero-order valence-corrected chi connectivity index (χ0v) is 19.8. The molecule has 0 aliphatic carbocycles. The number of amides is 1. The first-order valence-electron chi connectivity index (χ1n) is 9.78. The third-order valence-corrected chi connectivity index (χ3v) is 4.95. The fraction of sp³-hybridized carbons (Fsp3) is 0.895. The number of carbonyl (C=O) groups is 1. The highest BCUT2D eigenvalue weighted by molar-refractivity contribution is 14.0. The molecule has 2 rings (SSSR count). The first-order valence-corrected chi connectivity index (χ1v) is 9.78. The lowest BCUT2D eigenvalue weighted by atomic mass is 10.0. The topological polar surface area (TPSA) is 66.4 Å². The van der Waals surface area contributed by atoms with Crippen molar-refractivity contribution in [2.45, 2.75) is 58.1 Å². The highest BCUT2D eigenvalue weighted by Crippen LogP contribution is 2.21. The number of nitrogens with zero attached hydrogens (tertiary/aromatic N) is 3. The molecule has 2 unspecified atom stereocenters. The Balaban J connectivity index is 0.00000364. The summed E-state index contributed by atoms with van der Waals surface area (Å²) in [6, 6.07) is 0.146. The molecule has 2 aliphatic heterocycles. The van der Waals surface area contributed by atoms with Gasteiger partial charge in [-0.15, -0.1) is 24.0 Å². The van der Waals surface area contributed by atoms with E-state index in [0.29, 0.717) is 12.5 Å². The minimum Gasteiger partial charge on any atom is -0.444 e. The Hall–Kier alpha value is -0.770. The van der Waals surface area contributed by atoms with Gasteiger partial charge in [0.15, 0.2) is 5.96 Å². The van der Waals surface area contributed by atoms with E-state index in [4.69, 9.17) is 9.47 Å². The van der Waals surface area contributed by atoms with Crippen molar-refractivity contribution in [2.75, 3.05) is 46.9 Å². The predicted molar refractivity (Wildman–Crippen MR) is 119 cm³/mol. The van der Waals surface area contributed by atoms with Crippen molar-refractivity contribution in [1.82, 2.24) is 15.1 Å². The summed E-state index contributed by atoms with van der Waals surface area (Å²) in [5.41, 5.74) is -0.464. The zero-order chi connectivity index (χ0) is 19.2. The molecular formula is C19H37IN4O3. The summed E-state index contributed by atoms with van der Waals surface area (Å²) in [4.78, 5) is 21.1. The summed E-state index contributed by atoms with van der Waals surface area (Å²) in [6.07, 6.45) is 4.09. The lowest BCUT2D eigenvalue weighted by Gasteiger charge is -2.37. The van der Waals surface area contributed by atoms with E-state index in [-0.39, 0.29) is 36.1 Å². The van der Waals surface area contributed by atoms with Crippen molar-refractivity contribution >= 4 is 36.0 Å². The first-order chi connectivity index (χ1) is 12.3. The van der Waals surface area contributed by atoms with Crippen LogP contribution in [0.3, 0.4) is 0 Å². The normalized spacial score (nSPS) is 23.8. The highest BCUT2D eigenvalue weighted by Gasteiger charge is 2.31. The quantitative estimate of drug-likeness (QED) is 0.369. The Kier molecular flexibility index (Phi) is 10.1. The number of guanidine groups is 1. The second kappa shape index (κ2) is 11.3. The van der Waals surface area contributed by atoms with Gasteiger partial charge in [0.05, 0.1) is 12.6 Å². The van der Waals surface area contributed by atoms with Crippen LogP contribution in [0.1, 0.15) is 46.5 Å². The van der Waals surface area contributed by atoms with Gasteiger partial charge in [0.1, 0.15) is 5.60 Å². The Labute approximate surface area is 181 Å². The van der Waals surface area contributed by atoms with Crippen molar-refractivity contribution < 1.29 is 14.3 Å². The standard InChI is InChI=1S/C19H36N4O3.HI/c1-19(2,3)26-18(24)23-10-7-6-8-16(23)12-21-17(20-4)22-11-9-15(13-22)14-25-5;/h15-16H,6-14H2,1-5H3,(H,20,21);1H. The van der Waals surface area contributed by atoms with E-state index in [0.717, 1.165) is 57.9 Å². The minimum atomic E-state index is -0.464. The molecule has 0 aromatic rings. The molecule has 1 amide bonds. The van der Waals surface area contributed by atoms with Crippen LogP contribution in [0, 0.1) is 5.92 Å². The molecule has 0 aromatic heterocycles. The molecule has 0 bridgehead atoms. The summed E-state index contributed by atoms with van der Waals surface area (Å²) in [5, 5.41) is 3.48. The molecule has 2 aliphatic rings. The molecule has 2 saturated heterocycles. The average Bonchev–Trinajstić information content (AvgIpc) is 3.03. The second-order valence-corrected chi connectivity index (χ2v) is 8.31. The SMILES string of the molecule is CN=C(NCC1CCCCN1C(=O)OC(C)(C)C)N1CCC(COC)C1.I. The number of methoxy groups -OCH3 is 1. The lowest BCUT2D eigenvalue weighted by molar-refractivity contribution is 0.0104. The number of nitrogens with one attached hydrogen (secondary N) is 1. The number of hydrogen-bond acceptors (Lipinski definition) is 4. The van der Waals surface area contributed by atoms with Crippen molar-refractivity contribution in [3.05, 3.63) is 0 Å². The maximum atomic E-state index is 12.5. The fourth-order valence-corrected chi connectivity index (χ4v) is 3.71. The average molecular weight is 496 g/mol. The Bertz CT molecular complexity index is 496. The number of halogens is 1. The van der Waals surface area contributed by atoms with Crippen LogP contribution in [0.15, 0.2) is 4.99 Å². The third kappa shape index (κ3) is 7.63. The van der Waals surface area contributed by atoms with E-state index in [1.165, 1.54) is 0 Å². The molecule has 7 nitrogen and oxygen atoms in total. The van der Waals surface area contributed by atoms with E-state index in [1.54, 1.807) is 7.11 Å². The first kappa shape index (κ1) is 24.3.